The number of fused-ring (bicyclic) bond motifs is 5. The molecule has 0 bridgehead atoms. The molecule has 4 nitrogen and oxygen atoms in total. The van der Waals surface area contributed by atoms with Gasteiger partial charge in [0.15, 0.2) is 5.78 Å². The van der Waals surface area contributed by atoms with Crippen molar-refractivity contribution in [1.29, 1.82) is 0 Å². The van der Waals surface area contributed by atoms with Crippen LogP contribution in [0.5, 0.6) is 0 Å². The van der Waals surface area contributed by atoms with E-state index in [2.05, 4.69) is 31.9 Å². The van der Waals surface area contributed by atoms with Crippen LogP contribution in [0.2, 0.25) is 0 Å². The molecule has 1 heterocycles. The van der Waals surface area contributed by atoms with Crippen LogP contribution in [-0.4, -0.2) is 26.8 Å². The Morgan fingerprint density at radius 3 is 2.83 bits per heavy atom. The molecule has 4 fully saturated rings. The fraction of sp³-hybridized carbons (Fsp3) is 0.760. The van der Waals surface area contributed by atoms with Crippen LogP contribution in [0.3, 0.4) is 0 Å². The molecule has 0 radical (unpaired) electrons. The average molecular weight is 397 g/mol. The Labute approximate surface area is 174 Å². The molecule has 0 aromatic carbocycles. The van der Waals surface area contributed by atoms with E-state index in [1.54, 1.807) is 0 Å². The Bertz CT molecular complexity index is 842. The van der Waals surface area contributed by atoms with Gasteiger partial charge < -0.3 is 5.11 Å². The standard InChI is InChI=1S/C25H36N2O2/c1-4-27-18(9-12-26-27)13-16-14-22-20-6-5-17-15-19(28)7-10-24(17,2)21(20)8-11-25(22,3)23(16)29/h9,12-13,17,19-22,28H,4-8,10-11,14-15H2,1-3H3/b16-13-/t17-,19-,20-,21+,22+,24-,25+/m0/s1. The number of aliphatic hydroxyl groups excluding tert-OH is 1. The third kappa shape index (κ3) is 2.81. The Kier molecular flexibility index (Phi) is 4.58. The summed E-state index contributed by atoms with van der Waals surface area (Å²) in [6, 6.07) is 2.02. The maximum Gasteiger partial charge on any atom is 0.165 e. The molecular formula is C25H36N2O2. The minimum absolute atomic E-state index is 0.0931. The number of aromatic nitrogens is 2. The largest absolute Gasteiger partial charge is 0.393 e. The van der Waals surface area contributed by atoms with Crippen molar-refractivity contribution in [3.8, 4) is 0 Å². The van der Waals surface area contributed by atoms with Gasteiger partial charge in [0.1, 0.15) is 0 Å². The number of rotatable bonds is 2. The van der Waals surface area contributed by atoms with Crippen molar-refractivity contribution >= 4 is 11.9 Å². The molecule has 0 spiro atoms. The van der Waals surface area contributed by atoms with Crippen molar-refractivity contribution in [2.24, 2.45) is 34.5 Å². The lowest BCUT2D eigenvalue weighted by Crippen LogP contribution is -2.54. The molecule has 1 N–H and O–H groups in total. The monoisotopic (exact) mass is 396 g/mol. The van der Waals surface area contributed by atoms with Gasteiger partial charge in [0.05, 0.1) is 11.8 Å². The summed E-state index contributed by atoms with van der Waals surface area (Å²) in [5, 5.41) is 14.6. The quantitative estimate of drug-likeness (QED) is 0.726. The van der Waals surface area contributed by atoms with Crippen LogP contribution in [0.15, 0.2) is 17.8 Å². The molecule has 4 aliphatic rings. The van der Waals surface area contributed by atoms with Gasteiger partial charge in [-0.05, 0) is 105 Å². The van der Waals surface area contributed by atoms with E-state index in [0.717, 1.165) is 55.8 Å². The summed E-state index contributed by atoms with van der Waals surface area (Å²) in [6.07, 6.45) is 12.6. The highest BCUT2D eigenvalue weighted by Crippen LogP contribution is 2.66. The first-order chi connectivity index (χ1) is 13.9. The summed E-state index contributed by atoms with van der Waals surface area (Å²) in [7, 11) is 0. The minimum atomic E-state index is -0.179. The van der Waals surface area contributed by atoms with E-state index in [0.29, 0.717) is 29.0 Å². The third-order valence-electron chi connectivity index (χ3n) is 9.65. The van der Waals surface area contributed by atoms with Gasteiger partial charge in [0.25, 0.3) is 0 Å². The van der Waals surface area contributed by atoms with E-state index in [1.165, 1.54) is 19.3 Å². The van der Waals surface area contributed by atoms with Crippen LogP contribution in [0.25, 0.3) is 6.08 Å². The molecule has 0 saturated heterocycles. The molecule has 0 aliphatic heterocycles. The molecule has 158 valence electrons. The van der Waals surface area contributed by atoms with Crippen LogP contribution >= 0.6 is 0 Å². The Hall–Kier alpha value is -1.42. The van der Waals surface area contributed by atoms with Gasteiger partial charge in [-0.1, -0.05) is 13.8 Å². The summed E-state index contributed by atoms with van der Waals surface area (Å²) in [5.41, 5.74) is 2.27. The molecule has 0 unspecified atom stereocenters. The first kappa shape index (κ1) is 19.5. The molecule has 7 atom stereocenters. The predicted molar refractivity (Wildman–Crippen MR) is 114 cm³/mol. The summed E-state index contributed by atoms with van der Waals surface area (Å²) in [5.74, 6) is 2.94. The van der Waals surface area contributed by atoms with Crippen molar-refractivity contribution in [2.75, 3.05) is 0 Å². The number of allylic oxidation sites excluding steroid dienone is 1. The van der Waals surface area contributed by atoms with E-state index in [4.69, 9.17) is 0 Å². The molecule has 1 aromatic rings. The molecule has 4 heteroatoms. The lowest BCUT2D eigenvalue weighted by atomic mass is 9.45. The van der Waals surface area contributed by atoms with Crippen LogP contribution < -0.4 is 0 Å². The second-order valence-electron chi connectivity index (χ2n) is 10.8. The van der Waals surface area contributed by atoms with Gasteiger partial charge in [-0.25, -0.2) is 0 Å². The molecular weight excluding hydrogens is 360 g/mol. The van der Waals surface area contributed by atoms with Gasteiger partial charge in [-0.15, -0.1) is 0 Å². The highest BCUT2D eigenvalue weighted by atomic mass is 16.3. The highest BCUT2D eigenvalue weighted by molar-refractivity contribution is 6.05. The summed E-state index contributed by atoms with van der Waals surface area (Å²) in [6.45, 7) is 7.69. The van der Waals surface area contributed by atoms with Gasteiger partial charge in [-0.2, -0.15) is 5.10 Å². The second kappa shape index (κ2) is 6.80. The minimum Gasteiger partial charge on any atom is -0.393 e. The number of hydrogen-bond acceptors (Lipinski definition) is 3. The van der Waals surface area contributed by atoms with Crippen molar-refractivity contribution in [3.63, 3.8) is 0 Å². The SMILES string of the molecule is CCn1nccc1/C=C1/C[C@@H]2[C@H]3CC[C@H]4C[C@@H](O)CC[C@]4(C)[C@@H]3CC[C@@]2(C)C1=O. The van der Waals surface area contributed by atoms with Crippen molar-refractivity contribution in [1.82, 2.24) is 9.78 Å². The van der Waals surface area contributed by atoms with Crippen molar-refractivity contribution in [2.45, 2.75) is 84.8 Å². The summed E-state index contributed by atoms with van der Waals surface area (Å²) >= 11 is 0. The highest BCUT2D eigenvalue weighted by Gasteiger charge is 2.61. The maximum atomic E-state index is 13.5. The number of ketones is 1. The second-order valence-corrected chi connectivity index (χ2v) is 10.8. The average Bonchev–Trinajstić information content (AvgIpc) is 3.25. The zero-order chi connectivity index (χ0) is 20.4. The van der Waals surface area contributed by atoms with Gasteiger partial charge in [-0.3, -0.25) is 9.48 Å². The number of nitrogens with zero attached hydrogens (tertiary/aromatic N) is 2. The first-order valence-electron chi connectivity index (χ1n) is 11.8. The molecule has 0 amide bonds. The number of Topliss-reactive ketones (excluding diaryl/α,β-unsaturated/α-hetero) is 1. The van der Waals surface area contributed by atoms with E-state index < -0.39 is 0 Å². The maximum absolute atomic E-state index is 13.5. The number of aryl methyl sites for hydroxylation is 1. The third-order valence-corrected chi connectivity index (χ3v) is 9.65. The lowest BCUT2D eigenvalue weighted by molar-refractivity contribution is -0.141. The Balaban J connectivity index is 1.45. The normalized spacial score (nSPS) is 45.7. The smallest absolute Gasteiger partial charge is 0.165 e. The van der Waals surface area contributed by atoms with E-state index in [1.807, 2.05) is 16.9 Å². The van der Waals surface area contributed by atoms with Crippen LogP contribution in [0.1, 0.15) is 77.8 Å². The topological polar surface area (TPSA) is 55.1 Å². The van der Waals surface area contributed by atoms with E-state index in [-0.39, 0.29) is 11.5 Å². The molecule has 4 aliphatic carbocycles. The number of carbonyl (C=O) groups excluding carboxylic acids is 1. The molecule has 4 saturated carbocycles. The number of aliphatic hydroxyl groups is 1. The summed E-state index contributed by atoms with van der Waals surface area (Å²) in [4.78, 5) is 13.5. The molecule has 29 heavy (non-hydrogen) atoms. The fourth-order valence-corrected chi connectivity index (χ4v) is 7.94. The van der Waals surface area contributed by atoms with Crippen LogP contribution in [0, 0.1) is 34.5 Å². The first-order valence-corrected chi connectivity index (χ1v) is 11.8. The molecule has 1 aromatic heterocycles. The van der Waals surface area contributed by atoms with Crippen LogP contribution in [-0.2, 0) is 11.3 Å². The Morgan fingerprint density at radius 2 is 2.03 bits per heavy atom. The van der Waals surface area contributed by atoms with Gasteiger partial charge in [0, 0.05) is 18.2 Å². The van der Waals surface area contributed by atoms with Gasteiger partial charge in [0.2, 0.25) is 0 Å². The zero-order valence-corrected chi connectivity index (χ0v) is 18.2. The predicted octanol–water partition coefficient (Wildman–Crippen LogP) is 4.87. The number of hydrogen-bond donors (Lipinski definition) is 1. The summed E-state index contributed by atoms with van der Waals surface area (Å²) < 4.78 is 1.98. The van der Waals surface area contributed by atoms with Crippen molar-refractivity contribution in [3.05, 3.63) is 23.5 Å². The molecule has 5 rings (SSSR count). The van der Waals surface area contributed by atoms with E-state index in [9.17, 15) is 9.90 Å². The van der Waals surface area contributed by atoms with Crippen molar-refractivity contribution < 1.29 is 9.90 Å². The van der Waals surface area contributed by atoms with E-state index >= 15 is 0 Å². The fourth-order valence-electron chi connectivity index (χ4n) is 7.94. The lowest BCUT2D eigenvalue weighted by Gasteiger charge is -2.59. The Morgan fingerprint density at radius 1 is 1.21 bits per heavy atom. The van der Waals surface area contributed by atoms with Crippen LogP contribution in [0.4, 0.5) is 0 Å². The number of carbonyl (C=O) groups is 1. The zero-order valence-electron chi connectivity index (χ0n) is 18.2. The van der Waals surface area contributed by atoms with Gasteiger partial charge >= 0.3 is 0 Å².